The molecule has 8 rings (SSSR count). The topological polar surface area (TPSA) is 19.0 Å². The first-order chi connectivity index (χ1) is 21.8. The number of aromatic nitrogens is 1. The minimum atomic E-state index is -0.367. The van der Waals surface area contributed by atoms with Crippen LogP contribution in [0.25, 0.3) is 21.8 Å². The van der Waals surface area contributed by atoms with E-state index in [9.17, 15) is 0 Å². The second-order valence-corrected chi connectivity index (χ2v) is 12.3. The van der Waals surface area contributed by atoms with Gasteiger partial charge in [-0.2, -0.15) is 0 Å². The zero-order valence-corrected chi connectivity index (χ0v) is 25.4. The molecule has 0 spiro atoms. The van der Waals surface area contributed by atoms with Gasteiger partial charge in [-0.1, -0.05) is 116 Å². The Morgan fingerprint density at radius 1 is 0.705 bits per heavy atom. The van der Waals surface area contributed by atoms with E-state index in [1.807, 2.05) is 0 Å². The highest BCUT2D eigenvalue weighted by Gasteiger charge is 2.47. The number of fused-ring (bicyclic) bond motifs is 5. The maximum atomic E-state index is 3.69. The van der Waals surface area contributed by atoms with Gasteiger partial charge in [-0.25, -0.2) is 0 Å². The molecule has 1 aliphatic carbocycles. The summed E-state index contributed by atoms with van der Waals surface area (Å²) < 4.78 is 0. The summed E-state index contributed by atoms with van der Waals surface area (Å²) in [6.07, 6.45) is 13.9. The molecule has 0 unspecified atom stereocenters. The molecular weight excluding hydrogens is 532 g/mol. The number of allylic oxidation sites excluding steroid dienone is 4. The first-order valence-electron chi connectivity index (χ1n) is 16.2. The number of rotatable bonds is 7. The number of para-hydroxylation sites is 2. The summed E-state index contributed by atoms with van der Waals surface area (Å²) in [5.74, 6) is 0. The number of aryl methyl sites for hydroxylation is 1. The molecule has 1 aliphatic heterocycles. The van der Waals surface area contributed by atoms with Crippen molar-refractivity contribution in [2.75, 3.05) is 4.90 Å². The summed E-state index contributed by atoms with van der Waals surface area (Å²) in [6.45, 7) is 2.27. The van der Waals surface area contributed by atoms with Crippen LogP contribution in [-0.4, -0.2) is 4.98 Å². The maximum Gasteiger partial charge on any atom is 0.0705 e. The molecule has 2 aliphatic rings. The molecule has 0 atom stereocenters. The Balaban J connectivity index is 1.36. The van der Waals surface area contributed by atoms with Crippen molar-refractivity contribution in [3.8, 4) is 0 Å². The smallest absolute Gasteiger partial charge is 0.0705 e. The number of nitrogens with one attached hydrogen (secondary N) is 1. The molecule has 2 nitrogen and oxygen atoms in total. The second-order valence-electron chi connectivity index (χ2n) is 12.3. The van der Waals surface area contributed by atoms with Crippen molar-refractivity contribution in [2.24, 2.45) is 0 Å². The highest BCUT2D eigenvalue weighted by molar-refractivity contribution is 6.09. The molecule has 0 saturated carbocycles. The van der Waals surface area contributed by atoms with Gasteiger partial charge in [-0.3, -0.25) is 0 Å². The van der Waals surface area contributed by atoms with Gasteiger partial charge in [0.1, 0.15) is 0 Å². The fraction of sp³-hybridized carbons (Fsp3) is 0.190. The summed E-state index contributed by atoms with van der Waals surface area (Å²) in [7, 11) is 0. The van der Waals surface area contributed by atoms with Crippen LogP contribution in [0.3, 0.4) is 0 Å². The van der Waals surface area contributed by atoms with E-state index in [4.69, 9.17) is 0 Å². The molecule has 2 heteroatoms. The fourth-order valence-corrected chi connectivity index (χ4v) is 7.78. The van der Waals surface area contributed by atoms with Crippen LogP contribution in [0.1, 0.15) is 61.3 Å². The summed E-state index contributed by atoms with van der Waals surface area (Å²) in [5.41, 5.74) is 12.6. The number of H-pyrrole nitrogens is 1. The normalized spacial score (nSPS) is 15.3. The Labute approximate surface area is 260 Å². The van der Waals surface area contributed by atoms with Crippen molar-refractivity contribution in [3.63, 3.8) is 0 Å². The summed E-state index contributed by atoms with van der Waals surface area (Å²) >= 11 is 0. The van der Waals surface area contributed by atoms with Crippen LogP contribution in [0.2, 0.25) is 0 Å². The third kappa shape index (κ3) is 4.16. The van der Waals surface area contributed by atoms with Crippen LogP contribution in [0.15, 0.2) is 139 Å². The minimum Gasteiger partial charge on any atom is -0.355 e. The molecule has 0 amide bonds. The lowest BCUT2D eigenvalue weighted by Gasteiger charge is -2.47. The molecule has 0 fully saturated rings. The number of nitrogens with zero attached hydrogens (tertiary/aromatic N) is 1. The molecule has 216 valence electrons. The largest absolute Gasteiger partial charge is 0.355 e. The Bertz CT molecular complexity index is 1990. The van der Waals surface area contributed by atoms with Crippen molar-refractivity contribution in [2.45, 2.75) is 50.9 Å². The van der Waals surface area contributed by atoms with Crippen molar-refractivity contribution < 1.29 is 0 Å². The van der Waals surface area contributed by atoms with E-state index in [1.54, 1.807) is 0 Å². The fourth-order valence-electron chi connectivity index (χ4n) is 7.78. The van der Waals surface area contributed by atoms with Gasteiger partial charge in [0.25, 0.3) is 0 Å². The number of hydrogen-bond donors (Lipinski definition) is 1. The molecule has 0 radical (unpaired) electrons. The number of hydrogen-bond acceptors (Lipinski definition) is 1. The Morgan fingerprint density at radius 3 is 2.09 bits per heavy atom. The van der Waals surface area contributed by atoms with Crippen molar-refractivity contribution in [1.29, 1.82) is 0 Å². The second kappa shape index (κ2) is 11.0. The molecule has 0 bridgehead atoms. The van der Waals surface area contributed by atoms with Gasteiger partial charge in [-0.05, 0) is 90.4 Å². The van der Waals surface area contributed by atoms with Crippen LogP contribution in [-0.2, 0) is 11.8 Å². The number of benzene rings is 5. The van der Waals surface area contributed by atoms with Crippen LogP contribution in [0, 0.1) is 0 Å². The lowest BCUT2D eigenvalue weighted by Crippen LogP contribution is -2.38. The van der Waals surface area contributed by atoms with E-state index in [0.717, 1.165) is 19.3 Å². The predicted molar refractivity (Wildman–Crippen MR) is 186 cm³/mol. The van der Waals surface area contributed by atoms with E-state index in [-0.39, 0.29) is 5.41 Å². The average Bonchev–Trinajstić information content (AvgIpc) is 3.45. The Morgan fingerprint density at radius 2 is 1.39 bits per heavy atom. The molecule has 5 aromatic carbocycles. The maximum absolute atomic E-state index is 3.69. The van der Waals surface area contributed by atoms with Crippen LogP contribution in [0.5, 0.6) is 0 Å². The standard InChI is InChI=1S/C42H38N2/c1-2-3-6-15-30-24-26-38-34(28-30)35-29-33(25-27-39(35)43-38)44-40-22-13-11-20-36(40)42(31-16-7-4-8-17-31,32-18-9-5-10-19-32)37-21-12-14-23-41(37)44/h4-5,7-9,11-14,16-18,20-29,43H,2-3,6,10,15,19H2,1H3. The predicted octanol–water partition coefficient (Wildman–Crippen LogP) is 11.4. The number of unbranched alkanes of at least 4 members (excludes halogenated alkanes) is 2. The number of anilines is 3. The van der Waals surface area contributed by atoms with E-state index in [0.29, 0.717) is 0 Å². The number of aromatic amines is 1. The van der Waals surface area contributed by atoms with Gasteiger partial charge in [0.15, 0.2) is 0 Å². The third-order valence-electron chi connectivity index (χ3n) is 9.77. The zero-order chi connectivity index (χ0) is 29.5. The van der Waals surface area contributed by atoms with Gasteiger partial charge in [0, 0.05) is 27.5 Å². The Hall–Kier alpha value is -4.82. The van der Waals surface area contributed by atoms with Crippen LogP contribution < -0.4 is 4.90 Å². The summed E-state index contributed by atoms with van der Waals surface area (Å²) in [4.78, 5) is 6.18. The van der Waals surface area contributed by atoms with Crippen LogP contribution in [0.4, 0.5) is 17.1 Å². The van der Waals surface area contributed by atoms with Gasteiger partial charge in [0.2, 0.25) is 0 Å². The monoisotopic (exact) mass is 570 g/mol. The first-order valence-corrected chi connectivity index (χ1v) is 16.2. The molecule has 0 saturated heterocycles. The quantitative estimate of drug-likeness (QED) is 0.189. The summed E-state index contributed by atoms with van der Waals surface area (Å²) in [6, 6.07) is 43.2. The first kappa shape index (κ1) is 26.8. The van der Waals surface area contributed by atoms with E-state index in [2.05, 4.69) is 150 Å². The highest BCUT2D eigenvalue weighted by Crippen LogP contribution is 2.58. The van der Waals surface area contributed by atoms with Crippen molar-refractivity contribution in [1.82, 2.24) is 4.98 Å². The molecule has 6 aromatic rings. The average molecular weight is 571 g/mol. The zero-order valence-electron chi connectivity index (χ0n) is 25.4. The highest BCUT2D eigenvalue weighted by atomic mass is 15.2. The molecule has 1 aromatic heterocycles. The lowest BCUT2D eigenvalue weighted by atomic mass is 9.60. The molecule has 2 heterocycles. The van der Waals surface area contributed by atoms with Gasteiger partial charge < -0.3 is 9.88 Å². The van der Waals surface area contributed by atoms with Gasteiger partial charge >= 0.3 is 0 Å². The summed E-state index contributed by atoms with van der Waals surface area (Å²) in [5, 5.41) is 2.59. The SMILES string of the molecule is CCCCCc1ccc2[nH]c3ccc(N4c5ccccc5C(C5=CC=CCC5)(c5ccccc5)c5ccccc54)cc3c2c1. The van der Waals surface area contributed by atoms with Gasteiger partial charge in [0.05, 0.1) is 16.8 Å². The van der Waals surface area contributed by atoms with E-state index in [1.165, 1.54) is 86.0 Å². The van der Waals surface area contributed by atoms with Crippen molar-refractivity contribution in [3.05, 3.63) is 161 Å². The molecule has 1 N–H and O–H groups in total. The Kier molecular flexibility index (Phi) is 6.71. The minimum absolute atomic E-state index is 0.367. The van der Waals surface area contributed by atoms with Crippen molar-refractivity contribution >= 4 is 38.9 Å². The van der Waals surface area contributed by atoms with Crippen LogP contribution >= 0.6 is 0 Å². The van der Waals surface area contributed by atoms with E-state index < -0.39 is 0 Å². The van der Waals surface area contributed by atoms with Gasteiger partial charge in [-0.15, -0.1) is 0 Å². The van der Waals surface area contributed by atoms with E-state index >= 15 is 0 Å². The third-order valence-corrected chi connectivity index (χ3v) is 9.77. The lowest BCUT2D eigenvalue weighted by molar-refractivity contribution is 0.668. The molecule has 44 heavy (non-hydrogen) atoms. The molecular formula is C42H38N2.